The van der Waals surface area contributed by atoms with Gasteiger partial charge < -0.3 is 41.0 Å². The summed E-state index contributed by atoms with van der Waals surface area (Å²) in [6, 6.07) is 14.1. The van der Waals surface area contributed by atoms with Crippen molar-refractivity contribution in [2.45, 2.75) is 177 Å². The normalized spacial score (nSPS) is 39.5. The molecule has 10 fully saturated rings. The van der Waals surface area contributed by atoms with Crippen LogP contribution in [0.15, 0.2) is 36.4 Å². The van der Waals surface area contributed by atoms with Crippen LogP contribution in [0.5, 0.6) is 0 Å². The molecule has 8 aliphatic carbocycles. The largest absolute Gasteiger partial charge is 0.748 e. The van der Waals surface area contributed by atoms with E-state index >= 15 is 0 Å². The average molecular weight is 857 g/mol. The summed E-state index contributed by atoms with van der Waals surface area (Å²) in [5.74, 6) is 8.67. The third kappa shape index (κ3) is 8.16. The van der Waals surface area contributed by atoms with E-state index in [9.17, 15) is 0 Å². The SMILES string of the molecule is C[Si](C)(C)c1c(CP(C2C3CC4CC(C3)CC2C4)C2C3CC4CC(C3)CC2C4)c(C(P)(C2CCCCN2)C2CCCCN2)c[c-]1[Si](C)(C)C.[Fe].[cH-]1[cH-][cH-][cH-][cH-]1. The fourth-order valence-electron chi connectivity index (χ4n) is 15.5. The van der Waals surface area contributed by atoms with E-state index in [1.165, 1.54) is 57.8 Å². The minimum Gasteiger partial charge on any atom is -0.748 e. The van der Waals surface area contributed by atoms with Gasteiger partial charge in [-0.3, -0.25) is 0 Å². The third-order valence-electron chi connectivity index (χ3n) is 17.0. The van der Waals surface area contributed by atoms with E-state index < -0.39 is 16.1 Å². The van der Waals surface area contributed by atoms with E-state index in [2.05, 4.69) is 65.2 Å². The van der Waals surface area contributed by atoms with Crippen LogP contribution >= 0.6 is 17.2 Å². The average Bonchev–Trinajstić information content (AvgIpc) is 3.84. The van der Waals surface area contributed by atoms with E-state index in [0.29, 0.717) is 12.1 Å². The molecule has 10 aliphatic rings. The smallest absolute Gasteiger partial charge is 0.0508 e. The van der Waals surface area contributed by atoms with Gasteiger partial charge in [-0.1, -0.05) is 58.3 Å². The molecule has 312 valence electrons. The number of nitrogens with one attached hydrogen (secondary N) is 2. The molecule has 0 amide bonds. The second-order valence-electron chi connectivity index (χ2n) is 22.7. The fourth-order valence-corrected chi connectivity index (χ4v) is 26.9. The van der Waals surface area contributed by atoms with Gasteiger partial charge in [-0.25, -0.2) is 0 Å². The summed E-state index contributed by atoms with van der Waals surface area (Å²) >= 11 is 0. The van der Waals surface area contributed by atoms with Gasteiger partial charge >= 0.3 is 0 Å². The van der Waals surface area contributed by atoms with Crippen LogP contribution in [0.4, 0.5) is 0 Å². The Labute approximate surface area is 354 Å². The molecule has 2 saturated heterocycles. The van der Waals surface area contributed by atoms with Crippen molar-refractivity contribution in [2.75, 3.05) is 13.1 Å². The van der Waals surface area contributed by atoms with Crippen LogP contribution < -0.4 is 21.0 Å². The van der Waals surface area contributed by atoms with Crippen molar-refractivity contribution in [3.63, 3.8) is 0 Å². The first kappa shape index (κ1) is 42.1. The monoisotopic (exact) mass is 856 g/mol. The second kappa shape index (κ2) is 16.7. The van der Waals surface area contributed by atoms with E-state index in [4.69, 9.17) is 0 Å². The first-order chi connectivity index (χ1) is 25.9. The predicted octanol–water partition coefficient (Wildman–Crippen LogP) is 10.9. The standard InChI is InChI=1S/C43H73N2P2Si2.C5H5.Fe/c1-48(2,3)37-25-36(43(46,38-11-7-9-13-44-38)39-12-8-10-14-45-39)35(42(37)49(4,5)6)26-47(40-31-17-27-15-28(19-31)20-32(40)18-27)41-33-21-29-16-30(23-33)24-34(41)22-29;1-2-4-5-3-1;/h25,27-34,38-41,44-45H,7-24,26,46H2,1-6H3;1-5H;/q-1;-5;. The minimum atomic E-state index is -1.62. The molecule has 12 rings (SSSR count). The van der Waals surface area contributed by atoms with Crippen LogP contribution in [-0.4, -0.2) is 52.6 Å². The summed E-state index contributed by atoms with van der Waals surface area (Å²) in [6.45, 7) is 18.7. The van der Waals surface area contributed by atoms with Crippen LogP contribution in [0.3, 0.4) is 0 Å². The molecule has 2 heterocycles. The molecular weight excluding hydrogens is 779 g/mol. The number of hydrogen-bond donors (Lipinski definition) is 2. The molecule has 2 aromatic carbocycles. The Morgan fingerprint density at radius 3 is 1.38 bits per heavy atom. The van der Waals surface area contributed by atoms with Gasteiger partial charge in [0.2, 0.25) is 0 Å². The van der Waals surface area contributed by atoms with Crippen LogP contribution in [0.1, 0.15) is 114 Å². The molecule has 7 heteroatoms. The zero-order valence-corrected chi connectivity index (χ0v) is 40.9. The first-order valence-corrected chi connectivity index (χ1v) is 32.6. The predicted molar refractivity (Wildman–Crippen MR) is 245 cm³/mol. The summed E-state index contributed by atoms with van der Waals surface area (Å²) in [6.07, 6.45) is 25.8. The summed E-state index contributed by atoms with van der Waals surface area (Å²) < 4.78 is 0. The number of hydrogen-bond acceptors (Lipinski definition) is 2. The summed E-state index contributed by atoms with van der Waals surface area (Å²) in [7, 11) is 0.495. The Balaban J connectivity index is 0.000000661. The Hall–Kier alpha value is 0.433. The first-order valence-electron chi connectivity index (χ1n) is 23.4. The molecular formula is C48H78FeN2P2Si2-6. The molecule has 0 aromatic heterocycles. The second-order valence-corrected chi connectivity index (χ2v) is 36.3. The molecule has 2 aliphatic heterocycles. The molecule has 0 spiro atoms. The van der Waals surface area contributed by atoms with Crippen LogP contribution in [0.2, 0.25) is 39.3 Å². The zero-order chi connectivity index (χ0) is 37.4. The van der Waals surface area contributed by atoms with Crippen molar-refractivity contribution in [1.29, 1.82) is 0 Å². The molecule has 3 atom stereocenters. The summed E-state index contributed by atoms with van der Waals surface area (Å²) in [5.41, 5.74) is 6.00. The van der Waals surface area contributed by atoms with Crippen molar-refractivity contribution in [2.24, 2.45) is 47.3 Å². The van der Waals surface area contributed by atoms with E-state index in [-0.39, 0.29) is 30.1 Å². The maximum absolute atomic E-state index is 4.22. The van der Waals surface area contributed by atoms with E-state index in [1.807, 2.05) is 51.8 Å². The van der Waals surface area contributed by atoms with Gasteiger partial charge in [-0.15, -0.1) is 17.2 Å². The van der Waals surface area contributed by atoms with Crippen molar-refractivity contribution in [3.8, 4) is 0 Å². The molecule has 55 heavy (non-hydrogen) atoms. The topological polar surface area (TPSA) is 24.1 Å². The molecule has 2 nitrogen and oxygen atoms in total. The van der Waals surface area contributed by atoms with Crippen molar-refractivity contribution in [3.05, 3.63) is 47.5 Å². The van der Waals surface area contributed by atoms with Gasteiger partial charge in [0.1, 0.15) is 0 Å². The summed E-state index contributed by atoms with van der Waals surface area (Å²) in [5, 5.41) is 12.4. The van der Waals surface area contributed by atoms with Gasteiger partial charge in [-0.05, 0) is 167 Å². The summed E-state index contributed by atoms with van der Waals surface area (Å²) in [4.78, 5) is 0. The Kier molecular flexibility index (Phi) is 12.8. The third-order valence-corrected chi connectivity index (χ3v) is 26.3. The molecule has 8 bridgehead atoms. The van der Waals surface area contributed by atoms with Crippen LogP contribution in [-0.2, 0) is 28.4 Å². The molecule has 8 saturated carbocycles. The molecule has 0 radical (unpaired) electrons. The van der Waals surface area contributed by atoms with Crippen molar-refractivity contribution < 1.29 is 17.1 Å². The molecule has 3 unspecified atom stereocenters. The minimum absolute atomic E-state index is 0. The van der Waals surface area contributed by atoms with Gasteiger partial charge in [-0.2, -0.15) is 27.6 Å². The maximum Gasteiger partial charge on any atom is 0.0508 e. The van der Waals surface area contributed by atoms with Crippen molar-refractivity contribution in [1.82, 2.24) is 10.6 Å². The number of piperidine rings is 2. The zero-order valence-electron chi connectivity index (χ0n) is 35.7. The van der Waals surface area contributed by atoms with Gasteiger partial charge in [0.15, 0.2) is 0 Å². The maximum atomic E-state index is 4.22. The van der Waals surface area contributed by atoms with Crippen LogP contribution in [0.25, 0.3) is 0 Å². The van der Waals surface area contributed by atoms with Gasteiger partial charge in [0, 0.05) is 37.2 Å². The Bertz CT molecular complexity index is 1430. The molecule has 2 N–H and O–H groups in total. The van der Waals surface area contributed by atoms with Gasteiger partial charge in [0.05, 0.1) is 8.07 Å². The van der Waals surface area contributed by atoms with Crippen molar-refractivity contribution >= 4 is 43.7 Å². The van der Waals surface area contributed by atoms with E-state index in [1.54, 1.807) is 64.2 Å². The Morgan fingerprint density at radius 2 is 1.05 bits per heavy atom. The number of rotatable bonds is 9. The molecule has 2 aromatic rings. The van der Waals surface area contributed by atoms with Crippen LogP contribution in [0, 0.1) is 47.3 Å². The fraction of sp³-hybridized carbons (Fsp3) is 0.792. The van der Waals surface area contributed by atoms with E-state index in [0.717, 1.165) is 58.7 Å². The quantitative estimate of drug-likeness (QED) is 0.149. The van der Waals surface area contributed by atoms with Gasteiger partial charge in [0.25, 0.3) is 0 Å². The Morgan fingerprint density at radius 1 is 0.655 bits per heavy atom.